The fraction of sp³-hybridized carbons (Fsp3) is 0.182. The average Bonchev–Trinajstić information content (AvgIpc) is 2.98. The van der Waals surface area contributed by atoms with Gasteiger partial charge in [0.25, 0.3) is 0 Å². The van der Waals surface area contributed by atoms with Gasteiger partial charge in [0.05, 0.1) is 12.8 Å². The molecule has 0 amide bonds. The van der Waals surface area contributed by atoms with Gasteiger partial charge in [0, 0.05) is 24.3 Å². The van der Waals surface area contributed by atoms with Gasteiger partial charge < -0.3 is 19.5 Å². The lowest BCUT2D eigenvalue weighted by atomic mass is 9.72. The Morgan fingerprint density at radius 3 is 1.85 bits per heavy atom. The van der Waals surface area contributed by atoms with E-state index in [1.54, 1.807) is 14.0 Å². The van der Waals surface area contributed by atoms with Crippen LogP contribution in [0.4, 0.5) is 0 Å². The van der Waals surface area contributed by atoms with Crippen molar-refractivity contribution < 1.29 is 19.0 Å². The average molecular weight is 518 g/mol. The van der Waals surface area contributed by atoms with E-state index in [2.05, 4.69) is 5.32 Å². The maximum atomic E-state index is 13.0. The molecule has 0 unspecified atom stereocenters. The van der Waals surface area contributed by atoms with Crippen LogP contribution in [0.2, 0.25) is 6.82 Å². The van der Waals surface area contributed by atoms with Gasteiger partial charge in [-0.3, -0.25) is 4.79 Å². The minimum Gasteiger partial charge on any atom is -0.497 e. The van der Waals surface area contributed by atoms with Gasteiger partial charge in [0.15, 0.2) is 13.1 Å². The van der Waals surface area contributed by atoms with Gasteiger partial charge in [0.2, 0.25) is 0 Å². The summed E-state index contributed by atoms with van der Waals surface area (Å²) >= 11 is 0. The van der Waals surface area contributed by atoms with Crippen LogP contribution in [-0.2, 0) is 18.0 Å². The van der Waals surface area contributed by atoms with Crippen molar-refractivity contribution in [2.75, 3.05) is 14.2 Å². The second kappa shape index (κ2) is 13.4. The van der Waals surface area contributed by atoms with E-state index in [0.717, 1.165) is 33.5 Å². The van der Waals surface area contributed by atoms with Crippen LogP contribution < -0.4 is 25.0 Å². The number of ketones is 1. The SMILES string of the molecule is C[B]c1cc(C(NC)=C(C(C)=O)c2ccc(OC)cc2)c(OCc2ccccc2)cc1OCc1ccccc1. The molecule has 5 nitrogen and oxygen atoms in total. The zero-order chi connectivity index (χ0) is 27.6. The summed E-state index contributed by atoms with van der Waals surface area (Å²) in [4.78, 5) is 13.0. The fourth-order valence-corrected chi connectivity index (χ4v) is 4.39. The van der Waals surface area contributed by atoms with Crippen LogP contribution in [-0.4, -0.2) is 27.2 Å². The van der Waals surface area contributed by atoms with E-state index in [1.165, 1.54) is 0 Å². The third-order valence-corrected chi connectivity index (χ3v) is 6.40. The van der Waals surface area contributed by atoms with E-state index in [9.17, 15) is 4.79 Å². The van der Waals surface area contributed by atoms with Crippen LogP contribution in [0.25, 0.3) is 11.3 Å². The van der Waals surface area contributed by atoms with Gasteiger partial charge in [-0.25, -0.2) is 0 Å². The number of Topliss-reactive ketones (excluding diaryl/α,β-unsaturated/α-hetero) is 1. The van der Waals surface area contributed by atoms with Gasteiger partial charge in [0.1, 0.15) is 30.5 Å². The number of methoxy groups -OCH3 is 1. The molecule has 197 valence electrons. The summed E-state index contributed by atoms with van der Waals surface area (Å²) in [6.07, 6.45) is 0. The quantitative estimate of drug-likeness (QED) is 0.144. The van der Waals surface area contributed by atoms with Crippen molar-refractivity contribution in [3.63, 3.8) is 0 Å². The number of allylic oxidation sites excluding steroid dienone is 1. The summed E-state index contributed by atoms with van der Waals surface area (Å²) in [5.41, 5.74) is 5.81. The molecular formula is C33H33BNO4. The van der Waals surface area contributed by atoms with Gasteiger partial charge in [-0.15, -0.1) is 0 Å². The van der Waals surface area contributed by atoms with Crippen LogP contribution in [0.15, 0.2) is 97.1 Å². The number of hydrogen-bond donors (Lipinski definition) is 1. The monoisotopic (exact) mass is 518 g/mol. The number of ether oxygens (including phenoxy) is 3. The third-order valence-electron chi connectivity index (χ3n) is 6.40. The normalized spacial score (nSPS) is 11.3. The Labute approximate surface area is 231 Å². The van der Waals surface area contributed by atoms with Gasteiger partial charge in [-0.1, -0.05) is 85.7 Å². The highest BCUT2D eigenvalue weighted by Crippen LogP contribution is 2.34. The van der Waals surface area contributed by atoms with Crippen molar-refractivity contribution >= 4 is 29.8 Å². The number of benzene rings is 4. The lowest BCUT2D eigenvalue weighted by molar-refractivity contribution is -0.111. The number of nitrogens with one attached hydrogen (secondary N) is 1. The number of hydrogen-bond acceptors (Lipinski definition) is 5. The van der Waals surface area contributed by atoms with E-state index in [1.807, 2.05) is 118 Å². The van der Waals surface area contributed by atoms with Crippen molar-refractivity contribution in [3.8, 4) is 17.2 Å². The largest absolute Gasteiger partial charge is 0.497 e. The topological polar surface area (TPSA) is 56.8 Å². The Balaban J connectivity index is 1.82. The predicted octanol–water partition coefficient (Wildman–Crippen LogP) is 5.91. The highest BCUT2D eigenvalue weighted by atomic mass is 16.5. The summed E-state index contributed by atoms with van der Waals surface area (Å²) in [5, 5.41) is 3.29. The maximum Gasteiger partial charge on any atom is 0.162 e. The molecule has 0 aromatic heterocycles. The first kappa shape index (κ1) is 27.6. The Bertz CT molecular complexity index is 1420. The van der Waals surface area contributed by atoms with Crippen LogP contribution in [0.5, 0.6) is 17.2 Å². The summed E-state index contributed by atoms with van der Waals surface area (Å²) in [5.74, 6) is 1.98. The number of carbonyl (C=O) groups excluding carboxylic acids is 1. The third kappa shape index (κ3) is 6.91. The molecule has 4 rings (SSSR count). The molecule has 39 heavy (non-hydrogen) atoms. The molecule has 0 heterocycles. The Hall–Kier alpha value is -4.45. The molecule has 0 bridgehead atoms. The molecule has 0 aliphatic heterocycles. The Morgan fingerprint density at radius 1 is 0.795 bits per heavy atom. The van der Waals surface area contributed by atoms with E-state index in [4.69, 9.17) is 14.2 Å². The Morgan fingerprint density at radius 2 is 1.36 bits per heavy atom. The second-order valence-corrected chi connectivity index (χ2v) is 9.01. The molecule has 0 saturated carbocycles. The van der Waals surface area contributed by atoms with E-state index in [-0.39, 0.29) is 5.78 Å². The molecule has 0 saturated heterocycles. The molecular weight excluding hydrogens is 485 g/mol. The molecule has 1 radical (unpaired) electrons. The van der Waals surface area contributed by atoms with Crippen molar-refractivity contribution in [1.29, 1.82) is 0 Å². The maximum absolute atomic E-state index is 13.0. The van der Waals surface area contributed by atoms with Crippen molar-refractivity contribution in [2.24, 2.45) is 0 Å². The molecule has 6 heteroatoms. The molecule has 0 fully saturated rings. The minimum absolute atomic E-state index is 0.0649. The van der Waals surface area contributed by atoms with Crippen molar-refractivity contribution in [2.45, 2.75) is 27.0 Å². The van der Waals surface area contributed by atoms with E-state index < -0.39 is 0 Å². The van der Waals surface area contributed by atoms with Crippen LogP contribution >= 0.6 is 0 Å². The zero-order valence-corrected chi connectivity index (χ0v) is 22.9. The fourth-order valence-electron chi connectivity index (χ4n) is 4.39. The highest BCUT2D eigenvalue weighted by Gasteiger charge is 2.21. The second-order valence-electron chi connectivity index (χ2n) is 9.01. The smallest absolute Gasteiger partial charge is 0.162 e. The first-order valence-electron chi connectivity index (χ1n) is 12.9. The molecule has 0 atom stereocenters. The first-order valence-corrected chi connectivity index (χ1v) is 12.9. The van der Waals surface area contributed by atoms with Crippen molar-refractivity contribution in [3.05, 3.63) is 119 Å². The Kier molecular flexibility index (Phi) is 9.46. The summed E-state index contributed by atoms with van der Waals surface area (Å²) in [6.45, 7) is 4.34. The molecule has 0 aliphatic rings. The minimum atomic E-state index is -0.0649. The lowest BCUT2D eigenvalue weighted by Crippen LogP contribution is -2.20. The summed E-state index contributed by atoms with van der Waals surface area (Å²) < 4.78 is 18.0. The summed E-state index contributed by atoms with van der Waals surface area (Å²) in [6, 6.07) is 31.5. The van der Waals surface area contributed by atoms with Crippen LogP contribution in [0.1, 0.15) is 29.2 Å². The number of rotatable bonds is 12. The lowest BCUT2D eigenvalue weighted by Gasteiger charge is -2.21. The van der Waals surface area contributed by atoms with E-state index >= 15 is 0 Å². The van der Waals surface area contributed by atoms with Gasteiger partial charge >= 0.3 is 0 Å². The predicted molar refractivity (Wildman–Crippen MR) is 159 cm³/mol. The molecule has 0 spiro atoms. The van der Waals surface area contributed by atoms with Crippen LogP contribution in [0.3, 0.4) is 0 Å². The highest BCUT2D eigenvalue weighted by molar-refractivity contribution is 6.53. The first-order chi connectivity index (χ1) is 19.0. The number of carbonyl (C=O) groups is 1. The molecule has 0 aliphatic carbocycles. The van der Waals surface area contributed by atoms with E-state index in [0.29, 0.717) is 36.0 Å². The molecule has 4 aromatic rings. The standard InChI is InChI=1S/C33H33BNO4/c1-23(36)32(26-15-17-27(37-4)18-16-26)33(35-3)28-19-29(34-2)31(39-22-25-13-9-6-10-14-25)20-30(28)38-21-24-11-7-5-8-12-24/h5-20,35H,21-22H2,1-4H3. The van der Waals surface area contributed by atoms with Crippen molar-refractivity contribution in [1.82, 2.24) is 5.32 Å². The van der Waals surface area contributed by atoms with Gasteiger partial charge in [-0.2, -0.15) is 0 Å². The zero-order valence-electron chi connectivity index (χ0n) is 22.9. The molecule has 1 N–H and O–H groups in total. The molecule has 4 aromatic carbocycles. The van der Waals surface area contributed by atoms with Crippen LogP contribution in [0, 0.1) is 0 Å². The van der Waals surface area contributed by atoms with Gasteiger partial charge in [-0.05, 0) is 41.2 Å². The summed E-state index contributed by atoms with van der Waals surface area (Å²) in [7, 11) is 5.44.